The molecule has 0 atom stereocenters. The second-order valence-corrected chi connectivity index (χ2v) is 5.23. The molecule has 0 aliphatic heterocycles. The van der Waals surface area contributed by atoms with Crippen molar-refractivity contribution >= 4 is 40.8 Å². The van der Waals surface area contributed by atoms with Gasteiger partial charge in [-0.05, 0) is 32.0 Å². The monoisotopic (exact) mass is 328 g/mol. The Hall–Kier alpha value is -1.83. The molecule has 0 spiro atoms. The Morgan fingerprint density at radius 3 is 2.24 bits per heavy atom. The molecule has 21 heavy (non-hydrogen) atoms. The minimum absolute atomic E-state index is 0.0773. The molecule has 0 unspecified atom stereocenters. The van der Waals surface area contributed by atoms with E-state index >= 15 is 0 Å². The third-order valence-corrected chi connectivity index (χ3v) is 2.64. The van der Waals surface area contributed by atoms with Crippen LogP contribution in [0.15, 0.2) is 18.2 Å². The number of aromatic nitrogens is 3. The van der Waals surface area contributed by atoms with E-state index in [4.69, 9.17) is 33.8 Å². The lowest BCUT2D eigenvalue weighted by Gasteiger charge is -2.11. The van der Waals surface area contributed by atoms with E-state index in [2.05, 4.69) is 25.7 Å². The molecule has 0 saturated carbocycles. The number of hydrogen-bond acceptors (Lipinski definition) is 7. The molecule has 1 aromatic carbocycles. The molecule has 0 bridgehead atoms. The second kappa shape index (κ2) is 6.75. The fourth-order valence-corrected chi connectivity index (χ4v) is 2.02. The number of nitrogens with two attached hydrogens (primary N) is 1. The first-order valence-corrected chi connectivity index (χ1v) is 6.84. The summed E-state index contributed by atoms with van der Waals surface area (Å²) < 4.78 is 5.43. The largest absolute Gasteiger partial charge is 0.461 e. The fraction of sp³-hybridized carbons (Fsp3) is 0.250. The van der Waals surface area contributed by atoms with Gasteiger partial charge in [0.15, 0.2) is 0 Å². The van der Waals surface area contributed by atoms with Gasteiger partial charge in [0.2, 0.25) is 11.9 Å². The molecule has 0 aliphatic carbocycles. The van der Waals surface area contributed by atoms with Gasteiger partial charge in [0.05, 0.1) is 6.10 Å². The van der Waals surface area contributed by atoms with Gasteiger partial charge in [0.1, 0.15) is 0 Å². The van der Waals surface area contributed by atoms with Crippen molar-refractivity contribution in [3.8, 4) is 6.01 Å². The molecule has 0 saturated heterocycles. The van der Waals surface area contributed by atoms with Gasteiger partial charge in [-0.15, -0.1) is 0 Å². The molecule has 7 nitrogen and oxygen atoms in total. The lowest BCUT2D eigenvalue weighted by molar-refractivity contribution is 0.222. The van der Waals surface area contributed by atoms with Gasteiger partial charge >= 0.3 is 6.01 Å². The number of anilines is 3. The minimum Gasteiger partial charge on any atom is -0.461 e. The van der Waals surface area contributed by atoms with Crippen molar-refractivity contribution in [1.82, 2.24) is 15.0 Å². The molecule has 0 aliphatic rings. The Kier molecular flexibility index (Phi) is 5.00. The smallest absolute Gasteiger partial charge is 0.323 e. The van der Waals surface area contributed by atoms with Crippen molar-refractivity contribution in [3.63, 3.8) is 0 Å². The summed E-state index contributed by atoms with van der Waals surface area (Å²) in [4.78, 5) is 12.2. The van der Waals surface area contributed by atoms with Crippen LogP contribution in [-0.4, -0.2) is 21.1 Å². The van der Waals surface area contributed by atoms with Crippen molar-refractivity contribution in [1.29, 1.82) is 0 Å². The summed E-state index contributed by atoms with van der Waals surface area (Å²) in [6.07, 6.45) is -0.0773. The van der Waals surface area contributed by atoms with E-state index in [1.807, 2.05) is 13.8 Å². The van der Waals surface area contributed by atoms with Crippen LogP contribution in [0.4, 0.5) is 17.6 Å². The summed E-state index contributed by atoms with van der Waals surface area (Å²) in [6.45, 7) is 3.73. The van der Waals surface area contributed by atoms with Crippen LogP contribution in [-0.2, 0) is 0 Å². The van der Waals surface area contributed by atoms with E-state index in [-0.39, 0.29) is 24.0 Å². The topological polar surface area (TPSA) is 98.0 Å². The molecule has 2 aromatic rings. The van der Waals surface area contributed by atoms with E-state index in [9.17, 15) is 0 Å². The predicted molar refractivity (Wildman–Crippen MR) is 83.1 cm³/mol. The lowest BCUT2D eigenvalue weighted by atomic mass is 10.3. The Morgan fingerprint density at radius 2 is 1.67 bits per heavy atom. The van der Waals surface area contributed by atoms with Gasteiger partial charge in [-0.25, -0.2) is 5.84 Å². The summed E-state index contributed by atoms with van der Waals surface area (Å²) >= 11 is 11.9. The minimum atomic E-state index is -0.0773. The number of halogens is 2. The van der Waals surface area contributed by atoms with Crippen LogP contribution >= 0.6 is 23.2 Å². The first kappa shape index (κ1) is 15.6. The Morgan fingerprint density at radius 1 is 1.05 bits per heavy atom. The van der Waals surface area contributed by atoms with Crippen molar-refractivity contribution in [2.75, 3.05) is 10.7 Å². The number of benzene rings is 1. The van der Waals surface area contributed by atoms with Crippen LogP contribution in [0.5, 0.6) is 6.01 Å². The molecule has 0 fully saturated rings. The summed E-state index contributed by atoms with van der Waals surface area (Å²) in [6, 6.07) is 5.16. The maximum absolute atomic E-state index is 5.94. The average Bonchev–Trinajstić information content (AvgIpc) is 2.36. The van der Waals surface area contributed by atoms with Crippen LogP contribution in [0, 0.1) is 0 Å². The molecular weight excluding hydrogens is 315 g/mol. The average molecular weight is 329 g/mol. The number of nitrogens with one attached hydrogen (secondary N) is 2. The highest BCUT2D eigenvalue weighted by Crippen LogP contribution is 2.24. The van der Waals surface area contributed by atoms with Gasteiger partial charge in [-0.2, -0.15) is 15.0 Å². The number of hydrazine groups is 1. The van der Waals surface area contributed by atoms with Crippen LogP contribution in [0.3, 0.4) is 0 Å². The molecular formula is C12H14Cl2N6O. The molecule has 112 valence electrons. The van der Waals surface area contributed by atoms with E-state index in [1.54, 1.807) is 18.2 Å². The van der Waals surface area contributed by atoms with Gasteiger partial charge in [0, 0.05) is 15.7 Å². The molecule has 1 heterocycles. The highest BCUT2D eigenvalue weighted by Gasteiger charge is 2.09. The number of rotatable bonds is 5. The molecule has 0 amide bonds. The van der Waals surface area contributed by atoms with E-state index in [0.29, 0.717) is 15.7 Å². The highest BCUT2D eigenvalue weighted by atomic mass is 35.5. The Labute approximate surface area is 131 Å². The van der Waals surface area contributed by atoms with Gasteiger partial charge in [-0.3, -0.25) is 5.43 Å². The van der Waals surface area contributed by atoms with E-state index < -0.39 is 0 Å². The SMILES string of the molecule is CC(C)Oc1nc(NN)nc(Nc2cc(Cl)cc(Cl)c2)n1. The Balaban J connectivity index is 2.29. The lowest BCUT2D eigenvalue weighted by Crippen LogP contribution is -2.15. The van der Waals surface area contributed by atoms with Crippen LogP contribution < -0.4 is 21.3 Å². The summed E-state index contributed by atoms with van der Waals surface area (Å²) in [7, 11) is 0. The number of ether oxygens (including phenoxy) is 1. The number of hydrogen-bond donors (Lipinski definition) is 3. The zero-order chi connectivity index (χ0) is 15.4. The van der Waals surface area contributed by atoms with Crippen LogP contribution in [0.25, 0.3) is 0 Å². The normalized spacial score (nSPS) is 10.6. The first-order valence-electron chi connectivity index (χ1n) is 6.08. The van der Waals surface area contributed by atoms with Crippen LogP contribution in [0.2, 0.25) is 10.0 Å². The second-order valence-electron chi connectivity index (χ2n) is 4.36. The standard InChI is InChI=1S/C12H14Cl2N6O/c1-6(2)21-12-18-10(17-11(19-12)20-15)16-9-4-7(13)3-8(14)5-9/h3-6H,15H2,1-2H3,(H2,16,17,18,19,20). The zero-order valence-electron chi connectivity index (χ0n) is 11.4. The molecule has 2 rings (SSSR count). The van der Waals surface area contributed by atoms with Crippen molar-refractivity contribution < 1.29 is 4.74 Å². The number of nitrogen functional groups attached to an aromatic ring is 1. The molecule has 0 radical (unpaired) electrons. The first-order chi connectivity index (χ1) is 9.96. The molecule has 1 aromatic heterocycles. The van der Waals surface area contributed by atoms with Crippen LogP contribution in [0.1, 0.15) is 13.8 Å². The molecule has 9 heteroatoms. The Bertz CT molecular complexity index is 617. The predicted octanol–water partition coefficient (Wildman–Crippen LogP) is 2.99. The fourth-order valence-electron chi connectivity index (χ4n) is 1.50. The highest BCUT2D eigenvalue weighted by molar-refractivity contribution is 6.35. The third-order valence-electron chi connectivity index (χ3n) is 2.20. The van der Waals surface area contributed by atoms with Crippen molar-refractivity contribution in [2.45, 2.75) is 20.0 Å². The van der Waals surface area contributed by atoms with E-state index in [1.165, 1.54) is 0 Å². The summed E-state index contributed by atoms with van der Waals surface area (Å²) in [5.41, 5.74) is 2.99. The number of nitrogens with zero attached hydrogens (tertiary/aromatic N) is 3. The molecule has 4 N–H and O–H groups in total. The van der Waals surface area contributed by atoms with Gasteiger partial charge in [-0.1, -0.05) is 23.2 Å². The van der Waals surface area contributed by atoms with Crippen molar-refractivity contribution in [2.24, 2.45) is 5.84 Å². The maximum atomic E-state index is 5.94. The summed E-state index contributed by atoms with van der Waals surface area (Å²) in [5.74, 6) is 5.77. The maximum Gasteiger partial charge on any atom is 0.323 e. The summed E-state index contributed by atoms with van der Waals surface area (Å²) in [5, 5.41) is 3.96. The van der Waals surface area contributed by atoms with Crippen molar-refractivity contribution in [3.05, 3.63) is 28.2 Å². The quantitative estimate of drug-likeness (QED) is 0.573. The third kappa shape index (κ3) is 4.59. The zero-order valence-corrected chi connectivity index (χ0v) is 12.9. The van der Waals surface area contributed by atoms with E-state index in [0.717, 1.165) is 0 Å². The van der Waals surface area contributed by atoms with Gasteiger partial charge in [0.25, 0.3) is 0 Å². The van der Waals surface area contributed by atoms with Gasteiger partial charge < -0.3 is 10.1 Å².